The van der Waals surface area contributed by atoms with Gasteiger partial charge >= 0.3 is 0 Å². The van der Waals surface area contributed by atoms with Crippen molar-refractivity contribution in [2.75, 3.05) is 7.05 Å². The maximum absolute atomic E-state index is 6.54. The van der Waals surface area contributed by atoms with Gasteiger partial charge in [-0.15, -0.1) is 0 Å². The minimum Gasteiger partial charge on any atom is -0.323 e. The van der Waals surface area contributed by atoms with E-state index in [4.69, 9.17) is 5.73 Å². The van der Waals surface area contributed by atoms with Crippen molar-refractivity contribution in [3.8, 4) is 0 Å². The summed E-state index contributed by atoms with van der Waals surface area (Å²) in [7, 11) is 2.18. The first-order valence-corrected chi connectivity index (χ1v) is 7.27. The molecule has 1 aliphatic heterocycles. The highest BCUT2D eigenvalue weighted by Gasteiger charge is 2.47. The summed E-state index contributed by atoms with van der Waals surface area (Å²) in [5.41, 5.74) is 9.16. The van der Waals surface area contributed by atoms with Crippen LogP contribution in [0.3, 0.4) is 0 Å². The van der Waals surface area contributed by atoms with Gasteiger partial charge in [-0.05, 0) is 25.1 Å². The fraction of sp³-hybridized carbons (Fsp3) is 0.333. The average Bonchev–Trinajstić information content (AvgIpc) is 2.52. The van der Waals surface area contributed by atoms with Crippen LogP contribution in [-0.2, 0) is 0 Å². The number of hydrogen-bond donors (Lipinski definition) is 1. The normalized spacial score (nSPS) is 27.9. The molecular formula is C18H22N2. The minimum absolute atomic E-state index is 0.0580. The first kappa shape index (κ1) is 13.3. The molecule has 0 aromatic heterocycles. The molecule has 0 aliphatic carbocycles. The Kier molecular flexibility index (Phi) is 3.60. The Labute approximate surface area is 121 Å². The van der Waals surface area contributed by atoms with Gasteiger partial charge < -0.3 is 5.73 Å². The van der Waals surface area contributed by atoms with Gasteiger partial charge in [0.15, 0.2) is 0 Å². The molecule has 2 N–H and O–H groups in total. The molecule has 1 saturated heterocycles. The van der Waals surface area contributed by atoms with Gasteiger partial charge in [-0.1, -0.05) is 60.7 Å². The first-order valence-electron chi connectivity index (χ1n) is 7.27. The molecule has 1 aliphatic rings. The predicted octanol–water partition coefficient (Wildman–Crippen LogP) is 3.17. The summed E-state index contributed by atoms with van der Waals surface area (Å²) in [6, 6.07) is 22.1. The van der Waals surface area contributed by atoms with Crippen LogP contribution in [0, 0.1) is 0 Å². The quantitative estimate of drug-likeness (QED) is 0.924. The highest BCUT2D eigenvalue weighted by atomic mass is 15.3. The molecule has 2 aromatic rings. The number of likely N-dealkylation sites (N-methyl/N-ethyl adjacent to an activating group) is 1. The largest absolute Gasteiger partial charge is 0.323 e. The van der Waals surface area contributed by atoms with Crippen LogP contribution in [0.15, 0.2) is 60.7 Å². The van der Waals surface area contributed by atoms with Crippen molar-refractivity contribution in [2.24, 2.45) is 5.73 Å². The zero-order valence-electron chi connectivity index (χ0n) is 12.1. The summed E-state index contributed by atoms with van der Waals surface area (Å²) < 4.78 is 0. The van der Waals surface area contributed by atoms with Crippen molar-refractivity contribution in [3.05, 3.63) is 71.8 Å². The van der Waals surface area contributed by atoms with Crippen LogP contribution in [-0.4, -0.2) is 24.0 Å². The molecular weight excluding hydrogens is 244 g/mol. The third kappa shape index (κ3) is 2.15. The molecule has 1 heterocycles. The van der Waals surface area contributed by atoms with Gasteiger partial charge in [0.2, 0.25) is 0 Å². The van der Waals surface area contributed by atoms with Crippen molar-refractivity contribution < 1.29 is 0 Å². The Hall–Kier alpha value is -1.64. The molecule has 0 saturated carbocycles. The van der Waals surface area contributed by atoms with Crippen molar-refractivity contribution in [2.45, 2.75) is 31.0 Å². The Morgan fingerprint density at radius 3 is 2.10 bits per heavy atom. The van der Waals surface area contributed by atoms with E-state index in [1.165, 1.54) is 11.1 Å². The number of nitrogens with two attached hydrogens (primary N) is 1. The lowest BCUT2D eigenvalue weighted by molar-refractivity contribution is 0.00580. The fourth-order valence-electron chi connectivity index (χ4n) is 3.46. The molecule has 104 valence electrons. The smallest absolute Gasteiger partial charge is 0.0459 e. The number of nitrogens with zero attached hydrogens (tertiary/aromatic N) is 1. The van der Waals surface area contributed by atoms with E-state index in [1.54, 1.807) is 0 Å². The van der Waals surface area contributed by atoms with E-state index in [0.29, 0.717) is 18.0 Å². The minimum atomic E-state index is 0.0580. The van der Waals surface area contributed by atoms with Crippen LogP contribution >= 0.6 is 0 Å². The van der Waals surface area contributed by atoms with Crippen molar-refractivity contribution >= 4 is 0 Å². The number of rotatable bonds is 3. The monoisotopic (exact) mass is 266 g/mol. The highest BCUT2D eigenvalue weighted by molar-refractivity contribution is 5.31. The predicted molar refractivity (Wildman–Crippen MR) is 83.6 cm³/mol. The van der Waals surface area contributed by atoms with Crippen molar-refractivity contribution in [1.82, 2.24) is 4.90 Å². The Morgan fingerprint density at radius 2 is 1.50 bits per heavy atom. The van der Waals surface area contributed by atoms with Crippen LogP contribution in [0.25, 0.3) is 0 Å². The zero-order valence-corrected chi connectivity index (χ0v) is 12.1. The lowest BCUT2D eigenvalue weighted by Crippen LogP contribution is -2.62. The van der Waals surface area contributed by atoms with E-state index >= 15 is 0 Å². The molecule has 0 amide bonds. The molecule has 2 heteroatoms. The van der Waals surface area contributed by atoms with E-state index < -0.39 is 0 Å². The second-order valence-electron chi connectivity index (χ2n) is 5.77. The van der Waals surface area contributed by atoms with Gasteiger partial charge in [0, 0.05) is 24.0 Å². The Morgan fingerprint density at radius 1 is 0.950 bits per heavy atom. The van der Waals surface area contributed by atoms with Crippen LogP contribution in [0.2, 0.25) is 0 Å². The second kappa shape index (κ2) is 5.39. The molecule has 0 spiro atoms. The van der Waals surface area contributed by atoms with E-state index in [2.05, 4.69) is 73.5 Å². The maximum atomic E-state index is 6.54. The Bertz CT molecular complexity index is 552. The summed E-state index contributed by atoms with van der Waals surface area (Å²) in [6.45, 7) is 2.28. The molecule has 0 radical (unpaired) electrons. The number of likely N-dealkylation sites (tertiary alicyclic amines) is 1. The van der Waals surface area contributed by atoms with E-state index in [1.807, 2.05) is 6.07 Å². The lowest BCUT2D eigenvalue weighted by Gasteiger charge is -2.55. The average molecular weight is 266 g/mol. The summed E-state index contributed by atoms with van der Waals surface area (Å²) in [5, 5.41) is 0. The molecule has 3 rings (SSSR count). The third-order valence-corrected chi connectivity index (χ3v) is 4.74. The molecule has 0 bridgehead atoms. The topological polar surface area (TPSA) is 29.3 Å². The molecule has 1 fully saturated rings. The van der Waals surface area contributed by atoms with Gasteiger partial charge in [0.1, 0.15) is 0 Å². The lowest BCUT2D eigenvalue weighted by atomic mass is 9.72. The van der Waals surface area contributed by atoms with Gasteiger partial charge in [-0.25, -0.2) is 0 Å². The van der Waals surface area contributed by atoms with Crippen LogP contribution in [0.5, 0.6) is 0 Å². The number of benzene rings is 2. The van der Waals surface area contributed by atoms with Gasteiger partial charge in [0.25, 0.3) is 0 Å². The first-order chi connectivity index (χ1) is 9.70. The SMILES string of the molecule is C[C@H]1[C@@H](c2ccccc2)[C@@H]([C@H](N)c2ccccc2)N1C. The molecule has 2 aromatic carbocycles. The molecule has 0 unspecified atom stereocenters. The summed E-state index contributed by atoms with van der Waals surface area (Å²) in [5.74, 6) is 0.511. The van der Waals surface area contributed by atoms with Crippen molar-refractivity contribution in [1.29, 1.82) is 0 Å². The molecule has 4 atom stereocenters. The fourth-order valence-corrected chi connectivity index (χ4v) is 3.46. The molecule has 2 nitrogen and oxygen atoms in total. The standard InChI is InChI=1S/C18H22N2/c1-13-16(14-9-5-3-6-10-14)18(20(13)2)17(19)15-11-7-4-8-12-15/h3-13,16-18H,19H2,1-2H3/t13-,16-,17+,18-/m0/s1. The summed E-state index contributed by atoms with van der Waals surface area (Å²) >= 11 is 0. The summed E-state index contributed by atoms with van der Waals surface area (Å²) in [6.07, 6.45) is 0. The number of hydrogen-bond acceptors (Lipinski definition) is 2. The van der Waals surface area contributed by atoms with Crippen LogP contribution in [0.4, 0.5) is 0 Å². The maximum Gasteiger partial charge on any atom is 0.0459 e. The van der Waals surface area contributed by atoms with Crippen LogP contribution in [0.1, 0.15) is 30.0 Å². The zero-order chi connectivity index (χ0) is 14.1. The van der Waals surface area contributed by atoms with E-state index in [-0.39, 0.29) is 6.04 Å². The third-order valence-electron chi connectivity index (χ3n) is 4.74. The molecule has 20 heavy (non-hydrogen) atoms. The van der Waals surface area contributed by atoms with Gasteiger partial charge in [-0.3, -0.25) is 4.90 Å². The van der Waals surface area contributed by atoms with Gasteiger partial charge in [0.05, 0.1) is 0 Å². The second-order valence-corrected chi connectivity index (χ2v) is 5.77. The van der Waals surface area contributed by atoms with Gasteiger partial charge in [-0.2, -0.15) is 0 Å². The van der Waals surface area contributed by atoms with E-state index in [9.17, 15) is 0 Å². The Balaban J connectivity index is 1.88. The summed E-state index contributed by atoms with van der Waals surface area (Å²) in [4.78, 5) is 2.40. The highest BCUT2D eigenvalue weighted by Crippen LogP contribution is 2.44. The van der Waals surface area contributed by atoms with Crippen molar-refractivity contribution in [3.63, 3.8) is 0 Å². The van der Waals surface area contributed by atoms with E-state index in [0.717, 1.165) is 0 Å². The van der Waals surface area contributed by atoms with Crippen LogP contribution < -0.4 is 5.73 Å².